The Hall–Kier alpha value is -2.10. The van der Waals surface area contributed by atoms with E-state index in [1.807, 2.05) is 29.2 Å². The van der Waals surface area contributed by atoms with Crippen LogP contribution >= 0.6 is 0 Å². The summed E-state index contributed by atoms with van der Waals surface area (Å²) < 4.78 is 13.0. The van der Waals surface area contributed by atoms with Crippen LogP contribution in [0.25, 0.3) is 0 Å². The average Bonchev–Trinajstić information content (AvgIpc) is 3.16. The van der Waals surface area contributed by atoms with Gasteiger partial charge in [0, 0.05) is 24.7 Å². The number of nitrogens with one attached hydrogen (secondary N) is 1. The Morgan fingerprint density at radius 2 is 2.05 bits per heavy atom. The number of carbonyl (C=O) groups excluding carboxylic acids is 1. The monoisotopic (exact) mass is 286 g/mol. The van der Waals surface area contributed by atoms with E-state index in [4.69, 9.17) is 0 Å². The summed E-state index contributed by atoms with van der Waals surface area (Å²) >= 11 is 0. The zero-order valence-electron chi connectivity index (χ0n) is 12.1. The highest BCUT2D eigenvalue weighted by Crippen LogP contribution is 2.28. The minimum absolute atomic E-state index is 0.0549. The van der Waals surface area contributed by atoms with Crippen molar-refractivity contribution in [2.24, 2.45) is 0 Å². The lowest BCUT2D eigenvalue weighted by Gasteiger charge is -2.16. The molecule has 1 N–H and O–H groups in total. The quantitative estimate of drug-likeness (QED) is 0.923. The van der Waals surface area contributed by atoms with E-state index < -0.39 is 0 Å². The summed E-state index contributed by atoms with van der Waals surface area (Å²) in [5.41, 5.74) is 2.84. The van der Waals surface area contributed by atoms with Crippen molar-refractivity contribution in [2.45, 2.75) is 25.7 Å². The Kier molecular flexibility index (Phi) is 3.78. The molecule has 2 aromatic rings. The molecule has 1 saturated heterocycles. The first-order valence-electron chi connectivity index (χ1n) is 7.40. The van der Waals surface area contributed by atoms with Gasteiger partial charge in [0.2, 0.25) is 0 Å². The van der Waals surface area contributed by atoms with Gasteiger partial charge in [0.1, 0.15) is 11.5 Å². The molecule has 3 nitrogen and oxygen atoms in total. The van der Waals surface area contributed by atoms with Crippen LogP contribution in [-0.2, 0) is 6.42 Å². The summed E-state index contributed by atoms with van der Waals surface area (Å²) in [7, 11) is 0. The number of H-pyrrole nitrogens is 1. The molecule has 1 fully saturated rings. The molecule has 1 amide bonds. The molecule has 1 aromatic carbocycles. The number of hydrogen-bond donors (Lipinski definition) is 1. The van der Waals surface area contributed by atoms with Crippen molar-refractivity contribution < 1.29 is 9.18 Å². The van der Waals surface area contributed by atoms with Crippen LogP contribution in [0.5, 0.6) is 0 Å². The molecule has 2 heterocycles. The number of aromatic amines is 1. The molecule has 1 aliphatic heterocycles. The highest BCUT2D eigenvalue weighted by Gasteiger charge is 2.28. The van der Waals surface area contributed by atoms with Gasteiger partial charge in [-0.25, -0.2) is 4.39 Å². The van der Waals surface area contributed by atoms with Gasteiger partial charge < -0.3 is 9.88 Å². The first-order chi connectivity index (χ1) is 10.2. The molecule has 0 aliphatic carbocycles. The second-order valence-electron chi connectivity index (χ2n) is 5.54. The topological polar surface area (TPSA) is 36.1 Å². The van der Waals surface area contributed by atoms with Crippen LogP contribution < -0.4 is 0 Å². The van der Waals surface area contributed by atoms with Crippen molar-refractivity contribution >= 4 is 5.91 Å². The Morgan fingerprint density at radius 1 is 1.29 bits per heavy atom. The number of halogens is 1. The maximum Gasteiger partial charge on any atom is 0.270 e. The highest BCUT2D eigenvalue weighted by molar-refractivity contribution is 5.92. The van der Waals surface area contributed by atoms with Crippen molar-refractivity contribution in [1.29, 1.82) is 0 Å². The smallest absolute Gasteiger partial charge is 0.270 e. The third-order valence-electron chi connectivity index (χ3n) is 4.17. The van der Waals surface area contributed by atoms with Gasteiger partial charge in [-0.2, -0.15) is 0 Å². The highest BCUT2D eigenvalue weighted by atomic mass is 19.1. The molecular formula is C17H19FN2O. The first-order valence-corrected chi connectivity index (χ1v) is 7.40. The van der Waals surface area contributed by atoms with Gasteiger partial charge in [-0.15, -0.1) is 0 Å². The molecule has 1 atom stereocenters. The van der Waals surface area contributed by atoms with Crippen molar-refractivity contribution in [2.75, 3.05) is 13.1 Å². The second kappa shape index (κ2) is 5.72. The normalized spacial score (nSPS) is 18.2. The Balaban J connectivity index is 1.69. The van der Waals surface area contributed by atoms with Gasteiger partial charge in [0.05, 0.1) is 0 Å². The number of aromatic nitrogens is 1. The molecular weight excluding hydrogens is 267 g/mol. The number of rotatable bonds is 3. The van der Waals surface area contributed by atoms with E-state index in [1.165, 1.54) is 12.1 Å². The van der Waals surface area contributed by atoms with Crippen LogP contribution in [0.4, 0.5) is 4.39 Å². The predicted octanol–water partition coefficient (Wildman–Crippen LogP) is 3.35. The molecule has 0 radical (unpaired) electrons. The zero-order valence-corrected chi connectivity index (χ0v) is 12.1. The van der Waals surface area contributed by atoms with Crippen LogP contribution in [-0.4, -0.2) is 28.9 Å². The predicted molar refractivity (Wildman–Crippen MR) is 79.8 cm³/mol. The van der Waals surface area contributed by atoms with Crippen molar-refractivity contribution in [3.05, 3.63) is 59.2 Å². The lowest BCUT2D eigenvalue weighted by atomic mass is 9.99. The maximum atomic E-state index is 13.0. The molecule has 0 spiro atoms. The first kappa shape index (κ1) is 13.9. The molecule has 0 saturated carbocycles. The lowest BCUT2D eigenvalue weighted by molar-refractivity contribution is 0.0785. The van der Waals surface area contributed by atoms with E-state index in [9.17, 15) is 9.18 Å². The third-order valence-corrected chi connectivity index (χ3v) is 4.17. The molecule has 4 heteroatoms. The number of amides is 1. The Morgan fingerprint density at radius 3 is 2.71 bits per heavy atom. The van der Waals surface area contributed by atoms with Crippen molar-refractivity contribution in [3.8, 4) is 0 Å². The fourth-order valence-corrected chi connectivity index (χ4v) is 2.89. The summed E-state index contributed by atoms with van der Waals surface area (Å²) in [6, 6.07) is 10.4. The third kappa shape index (κ3) is 2.84. The molecule has 1 aliphatic rings. The zero-order chi connectivity index (χ0) is 14.8. The van der Waals surface area contributed by atoms with Crippen molar-refractivity contribution in [1.82, 2.24) is 9.88 Å². The van der Waals surface area contributed by atoms with Gasteiger partial charge in [0.15, 0.2) is 0 Å². The van der Waals surface area contributed by atoms with E-state index in [0.717, 1.165) is 30.6 Å². The van der Waals surface area contributed by atoms with Gasteiger partial charge in [-0.1, -0.05) is 19.1 Å². The summed E-state index contributed by atoms with van der Waals surface area (Å²) in [4.78, 5) is 17.5. The SMILES string of the molecule is CCc1ccc(C(=O)N2CCC(c3ccc(F)cc3)C2)[nH]1. The van der Waals surface area contributed by atoms with Crippen LogP contribution in [0.3, 0.4) is 0 Å². The maximum absolute atomic E-state index is 13.0. The summed E-state index contributed by atoms with van der Waals surface area (Å²) in [6.45, 7) is 3.51. The lowest BCUT2D eigenvalue weighted by Crippen LogP contribution is -2.28. The Bertz CT molecular complexity index is 632. The standard InChI is InChI=1S/C17H19FN2O/c1-2-15-7-8-16(19-15)17(21)20-10-9-13(11-20)12-3-5-14(18)6-4-12/h3-8,13,19H,2,9-11H2,1H3. The number of carbonyl (C=O) groups is 1. The average molecular weight is 286 g/mol. The molecule has 3 rings (SSSR count). The molecule has 0 bridgehead atoms. The van der Waals surface area contributed by atoms with Gasteiger partial charge in [-0.3, -0.25) is 4.79 Å². The fourth-order valence-electron chi connectivity index (χ4n) is 2.89. The van der Waals surface area contributed by atoms with E-state index in [0.29, 0.717) is 18.2 Å². The second-order valence-corrected chi connectivity index (χ2v) is 5.54. The fraction of sp³-hybridized carbons (Fsp3) is 0.353. The largest absolute Gasteiger partial charge is 0.354 e. The van der Waals surface area contributed by atoms with Crippen LogP contribution in [0.2, 0.25) is 0 Å². The van der Waals surface area contributed by atoms with Crippen LogP contribution in [0.1, 0.15) is 41.0 Å². The molecule has 1 unspecified atom stereocenters. The number of likely N-dealkylation sites (tertiary alicyclic amines) is 1. The number of benzene rings is 1. The minimum Gasteiger partial charge on any atom is -0.354 e. The molecule has 1 aromatic heterocycles. The minimum atomic E-state index is -0.219. The summed E-state index contributed by atoms with van der Waals surface area (Å²) in [5.74, 6) is 0.137. The van der Waals surface area contributed by atoms with E-state index in [-0.39, 0.29) is 11.7 Å². The van der Waals surface area contributed by atoms with E-state index >= 15 is 0 Å². The van der Waals surface area contributed by atoms with E-state index in [2.05, 4.69) is 11.9 Å². The van der Waals surface area contributed by atoms with Gasteiger partial charge >= 0.3 is 0 Å². The van der Waals surface area contributed by atoms with Gasteiger partial charge in [-0.05, 0) is 42.7 Å². The number of nitrogens with zero attached hydrogens (tertiary/aromatic N) is 1. The van der Waals surface area contributed by atoms with Crippen LogP contribution in [0.15, 0.2) is 36.4 Å². The Labute approximate surface area is 123 Å². The number of aryl methyl sites for hydroxylation is 1. The summed E-state index contributed by atoms with van der Waals surface area (Å²) in [5, 5.41) is 0. The van der Waals surface area contributed by atoms with Crippen LogP contribution in [0, 0.1) is 5.82 Å². The van der Waals surface area contributed by atoms with Gasteiger partial charge in [0.25, 0.3) is 5.91 Å². The van der Waals surface area contributed by atoms with E-state index in [1.54, 1.807) is 0 Å². The molecule has 110 valence electrons. The van der Waals surface area contributed by atoms with Crippen molar-refractivity contribution in [3.63, 3.8) is 0 Å². The summed E-state index contributed by atoms with van der Waals surface area (Å²) in [6.07, 6.45) is 1.82. The number of hydrogen-bond acceptors (Lipinski definition) is 1. The molecule has 21 heavy (non-hydrogen) atoms.